The zero-order valence-corrected chi connectivity index (χ0v) is 10.9. The lowest BCUT2D eigenvalue weighted by molar-refractivity contribution is 1.00. The van der Waals surface area contributed by atoms with Crippen LogP contribution in [0.3, 0.4) is 0 Å². The number of anilines is 1. The topological polar surface area (TPSA) is 89.3 Å². The first-order chi connectivity index (χ1) is 6.29. The van der Waals surface area contributed by atoms with Crippen molar-refractivity contribution in [2.45, 2.75) is 0 Å². The highest BCUT2D eigenvalue weighted by molar-refractivity contribution is 5.86. The summed E-state index contributed by atoms with van der Waals surface area (Å²) in [5, 5.41) is 3.07. The van der Waals surface area contributed by atoms with Crippen molar-refractivity contribution in [1.82, 2.24) is 4.98 Å². The normalized spacial score (nSPS) is 7.50. The Kier molecular flexibility index (Phi) is 15.6. The minimum absolute atomic E-state index is 0. The van der Waals surface area contributed by atoms with Gasteiger partial charge in [0.15, 0.2) is 5.96 Å². The number of rotatable bonds is 4. The smallest absolute Gasteiger partial charge is 0.185 e. The van der Waals surface area contributed by atoms with Gasteiger partial charge in [-0.05, 0) is 12.1 Å². The quantitative estimate of drug-likeness (QED) is 0.438. The fourth-order valence-corrected chi connectivity index (χ4v) is 0.836. The third-order valence-electron chi connectivity index (χ3n) is 1.38. The van der Waals surface area contributed by atoms with Crippen LogP contribution in [0.2, 0.25) is 0 Å². The van der Waals surface area contributed by atoms with Crippen LogP contribution in [0.25, 0.3) is 0 Å². The van der Waals surface area contributed by atoms with E-state index in [1.807, 2.05) is 18.2 Å². The molecule has 0 saturated carbocycles. The van der Waals surface area contributed by atoms with Crippen LogP contribution >= 0.6 is 37.2 Å². The van der Waals surface area contributed by atoms with Crippen molar-refractivity contribution in [3.8, 4) is 0 Å². The number of hydrogen-bond acceptors (Lipinski definition) is 3. The van der Waals surface area contributed by atoms with Gasteiger partial charge in [-0.3, -0.25) is 4.99 Å². The molecule has 0 amide bonds. The molecule has 16 heavy (non-hydrogen) atoms. The summed E-state index contributed by atoms with van der Waals surface area (Å²) in [5.41, 5.74) is 10.3. The third kappa shape index (κ3) is 9.64. The van der Waals surface area contributed by atoms with Crippen LogP contribution in [-0.2, 0) is 0 Å². The van der Waals surface area contributed by atoms with Crippen LogP contribution in [0.4, 0.5) is 5.82 Å². The van der Waals surface area contributed by atoms with E-state index in [0.717, 1.165) is 5.82 Å². The summed E-state index contributed by atoms with van der Waals surface area (Å²) in [6, 6.07) is 5.66. The molecule has 5 N–H and O–H groups in total. The average molecular weight is 289 g/mol. The molecule has 0 atom stereocenters. The second kappa shape index (κ2) is 12.2. The number of guanidine groups is 1. The van der Waals surface area contributed by atoms with Crippen LogP contribution in [0.5, 0.6) is 0 Å². The lowest BCUT2D eigenvalue weighted by atomic mass is 10.4. The van der Waals surface area contributed by atoms with Crippen molar-refractivity contribution < 1.29 is 0 Å². The van der Waals surface area contributed by atoms with Crippen LogP contribution in [-0.4, -0.2) is 24.0 Å². The van der Waals surface area contributed by atoms with Gasteiger partial charge in [0.05, 0.1) is 6.54 Å². The second-order valence-corrected chi connectivity index (χ2v) is 2.45. The number of nitrogens with two attached hydrogens (primary N) is 2. The first-order valence-corrected chi connectivity index (χ1v) is 3.99. The molecular weight excluding hydrogens is 272 g/mol. The van der Waals surface area contributed by atoms with Crippen LogP contribution in [0.1, 0.15) is 0 Å². The fourth-order valence-electron chi connectivity index (χ4n) is 0.836. The van der Waals surface area contributed by atoms with Crippen LogP contribution in [0, 0.1) is 0 Å². The van der Waals surface area contributed by atoms with Crippen molar-refractivity contribution in [2.24, 2.45) is 16.5 Å². The molecule has 5 nitrogen and oxygen atoms in total. The number of aliphatic imine (C=N–C) groups is 1. The largest absolute Gasteiger partial charge is 0.370 e. The molecule has 0 bridgehead atoms. The van der Waals surface area contributed by atoms with Crippen molar-refractivity contribution in [3.05, 3.63) is 24.4 Å². The lowest BCUT2D eigenvalue weighted by Crippen LogP contribution is -2.24. The highest BCUT2D eigenvalue weighted by Gasteiger charge is 1.88. The zero-order chi connectivity index (χ0) is 9.52. The van der Waals surface area contributed by atoms with E-state index in [1.54, 1.807) is 6.20 Å². The summed E-state index contributed by atoms with van der Waals surface area (Å²) in [6.45, 7) is 1.23. The van der Waals surface area contributed by atoms with Gasteiger partial charge in [-0.25, -0.2) is 4.98 Å². The Bertz CT molecular complexity index is 276. The summed E-state index contributed by atoms with van der Waals surface area (Å²) >= 11 is 0. The molecule has 0 fully saturated rings. The Morgan fingerprint density at radius 1 is 1.25 bits per heavy atom. The number of hydrogen-bond donors (Lipinski definition) is 3. The van der Waals surface area contributed by atoms with Crippen molar-refractivity contribution >= 4 is 49.0 Å². The Labute approximate surface area is 113 Å². The molecule has 0 spiro atoms. The molecule has 0 aliphatic carbocycles. The van der Waals surface area contributed by atoms with Crippen LogP contribution < -0.4 is 16.8 Å². The van der Waals surface area contributed by atoms with E-state index < -0.39 is 0 Å². The second-order valence-electron chi connectivity index (χ2n) is 2.45. The standard InChI is InChI=1S/C8H13N5.3ClH/c9-8(10)13-6-5-12-7-3-1-2-4-11-7;;;/h1-4H,5-6H2,(H,11,12)(H4,9,10,13);3*1H. The monoisotopic (exact) mass is 287 g/mol. The van der Waals surface area contributed by atoms with Gasteiger partial charge in [-0.1, -0.05) is 6.07 Å². The van der Waals surface area contributed by atoms with E-state index in [2.05, 4.69) is 15.3 Å². The summed E-state index contributed by atoms with van der Waals surface area (Å²) < 4.78 is 0. The van der Waals surface area contributed by atoms with E-state index in [0.29, 0.717) is 13.1 Å². The van der Waals surface area contributed by atoms with Gasteiger partial charge in [0.1, 0.15) is 5.82 Å². The van der Waals surface area contributed by atoms with E-state index in [-0.39, 0.29) is 43.2 Å². The first kappa shape index (κ1) is 20.5. The van der Waals surface area contributed by atoms with E-state index in [1.165, 1.54) is 0 Å². The molecule has 0 radical (unpaired) electrons. The Hall–Kier alpha value is -0.910. The molecule has 0 aliphatic rings. The Morgan fingerprint density at radius 2 is 1.94 bits per heavy atom. The number of pyridine rings is 1. The van der Waals surface area contributed by atoms with Gasteiger partial charge in [-0.15, -0.1) is 37.2 Å². The summed E-state index contributed by atoms with van der Waals surface area (Å²) in [7, 11) is 0. The number of halogens is 3. The van der Waals surface area contributed by atoms with Gasteiger partial charge in [0.2, 0.25) is 0 Å². The molecule has 0 aromatic carbocycles. The van der Waals surface area contributed by atoms with Crippen molar-refractivity contribution in [2.75, 3.05) is 18.4 Å². The van der Waals surface area contributed by atoms with E-state index in [4.69, 9.17) is 11.5 Å². The Morgan fingerprint density at radius 3 is 2.44 bits per heavy atom. The van der Waals surface area contributed by atoms with E-state index >= 15 is 0 Å². The van der Waals surface area contributed by atoms with Gasteiger partial charge < -0.3 is 16.8 Å². The molecule has 1 aromatic rings. The molecule has 8 heteroatoms. The van der Waals surface area contributed by atoms with Crippen molar-refractivity contribution in [3.63, 3.8) is 0 Å². The Balaban J connectivity index is -0.000000563. The maximum Gasteiger partial charge on any atom is 0.185 e. The molecule has 1 rings (SSSR count). The van der Waals surface area contributed by atoms with Gasteiger partial charge in [0, 0.05) is 12.7 Å². The predicted molar refractivity (Wildman–Crippen MR) is 75.1 cm³/mol. The number of aromatic nitrogens is 1. The molecule has 0 saturated heterocycles. The third-order valence-corrected chi connectivity index (χ3v) is 1.38. The summed E-state index contributed by atoms with van der Waals surface area (Å²) in [4.78, 5) is 7.89. The maximum atomic E-state index is 5.16. The molecule has 1 heterocycles. The SMILES string of the molecule is Cl.Cl.Cl.NC(N)=NCCNc1ccccn1. The minimum atomic E-state index is 0. The van der Waals surface area contributed by atoms with Gasteiger partial charge in [-0.2, -0.15) is 0 Å². The highest BCUT2D eigenvalue weighted by atomic mass is 35.5. The number of nitrogens with one attached hydrogen (secondary N) is 1. The molecule has 0 unspecified atom stereocenters. The molecular formula is C8H16Cl3N5. The average Bonchev–Trinajstić information content (AvgIpc) is 2.14. The van der Waals surface area contributed by atoms with Crippen molar-refractivity contribution in [1.29, 1.82) is 0 Å². The lowest BCUT2D eigenvalue weighted by Gasteiger charge is -2.01. The predicted octanol–water partition coefficient (Wildman–Crippen LogP) is 1.03. The van der Waals surface area contributed by atoms with Gasteiger partial charge in [0.25, 0.3) is 0 Å². The highest BCUT2D eigenvalue weighted by Crippen LogP contribution is 1.97. The first-order valence-electron chi connectivity index (χ1n) is 3.99. The molecule has 94 valence electrons. The fraction of sp³-hybridized carbons (Fsp3) is 0.250. The zero-order valence-electron chi connectivity index (χ0n) is 8.50. The summed E-state index contributed by atoms with van der Waals surface area (Å²) in [6.07, 6.45) is 1.73. The minimum Gasteiger partial charge on any atom is -0.370 e. The van der Waals surface area contributed by atoms with Crippen LogP contribution in [0.15, 0.2) is 29.4 Å². The molecule has 0 aliphatic heterocycles. The van der Waals surface area contributed by atoms with Gasteiger partial charge >= 0.3 is 0 Å². The maximum absolute atomic E-state index is 5.16. The summed E-state index contributed by atoms with van der Waals surface area (Å²) in [5.74, 6) is 0.941. The van der Waals surface area contributed by atoms with E-state index in [9.17, 15) is 0 Å². The molecule has 1 aromatic heterocycles. The number of nitrogens with zero attached hydrogens (tertiary/aromatic N) is 2.